The molecule has 0 atom stereocenters. The van der Waals surface area contributed by atoms with E-state index in [2.05, 4.69) is 25.8 Å². The van der Waals surface area contributed by atoms with Gasteiger partial charge in [-0.05, 0) is 45.2 Å². The molecule has 2 aromatic rings. The number of rotatable bonds is 8. The molecular weight excluding hydrogens is 517 g/mol. The Morgan fingerprint density at radius 3 is 2.70 bits per heavy atom. The largest absolute Gasteiger partial charge is 0.357 e. The molecule has 0 unspecified atom stereocenters. The van der Waals surface area contributed by atoms with Gasteiger partial charge in [-0.2, -0.15) is 0 Å². The molecule has 1 fully saturated rings. The lowest BCUT2D eigenvalue weighted by Gasteiger charge is -2.32. The number of pyridine rings is 1. The molecule has 9 nitrogen and oxygen atoms in total. The van der Waals surface area contributed by atoms with Crippen LogP contribution in [0.3, 0.4) is 0 Å². The van der Waals surface area contributed by atoms with Crippen LogP contribution in [0.1, 0.15) is 38.9 Å². The first-order valence-corrected chi connectivity index (χ1v) is 12.0. The summed E-state index contributed by atoms with van der Waals surface area (Å²) in [4.78, 5) is 4.68. The van der Waals surface area contributed by atoms with E-state index in [0.29, 0.717) is 19.6 Å². The Morgan fingerprint density at radius 1 is 1.23 bits per heavy atom. The minimum atomic E-state index is -3.09. The summed E-state index contributed by atoms with van der Waals surface area (Å²) in [6.07, 6.45) is 5.23. The molecule has 0 spiro atoms. The quantitative estimate of drug-likeness (QED) is 0.225. The van der Waals surface area contributed by atoms with E-state index < -0.39 is 10.0 Å². The summed E-state index contributed by atoms with van der Waals surface area (Å²) in [6, 6.07) is 6.10. The minimum Gasteiger partial charge on any atom is -0.357 e. The molecule has 0 amide bonds. The van der Waals surface area contributed by atoms with Crippen molar-refractivity contribution in [1.82, 2.24) is 29.5 Å². The Kier molecular flexibility index (Phi) is 9.75. The maximum Gasteiger partial charge on any atom is 0.213 e. The number of nitrogens with one attached hydrogen (secondary N) is 2. The molecule has 1 aliphatic rings. The van der Waals surface area contributed by atoms with Crippen LogP contribution in [-0.2, 0) is 16.4 Å². The highest BCUT2D eigenvalue weighted by Gasteiger charge is 2.26. The number of hydrogen-bond donors (Lipinski definition) is 2. The number of aliphatic imine (C=N–C) groups is 1. The van der Waals surface area contributed by atoms with E-state index >= 15 is 0 Å². The third kappa shape index (κ3) is 6.51. The third-order valence-corrected chi connectivity index (χ3v) is 6.99. The molecule has 0 aromatic carbocycles. The molecular formula is C19H32IN7O2S. The van der Waals surface area contributed by atoms with Crippen LogP contribution < -0.4 is 10.6 Å². The Morgan fingerprint density at radius 2 is 2.00 bits per heavy atom. The number of guanidine groups is 1. The molecule has 2 N–H and O–H groups in total. The molecule has 1 aliphatic heterocycles. The molecule has 3 heterocycles. The summed E-state index contributed by atoms with van der Waals surface area (Å²) < 4.78 is 27.6. The van der Waals surface area contributed by atoms with Gasteiger partial charge in [-0.15, -0.1) is 34.2 Å². The smallest absolute Gasteiger partial charge is 0.213 e. The second kappa shape index (κ2) is 11.8. The number of hydrogen-bond acceptors (Lipinski definition) is 5. The fraction of sp³-hybridized carbons (Fsp3) is 0.632. The zero-order valence-corrected chi connectivity index (χ0v) is 20.8. The molecule has 168 valence electrons. The van der Waals surface area contributed by atoms with Crippen LogP contribution in [0.25, 0.3) is 5.65 Å². The minimum absolute atomic E-state index is 0. The average Bonchev–Trinajstić information content (AvgIpc) is 3.15. The Bertz CT molecular complexity index is 924. The number of piperidine rings is 1. The lowest BCUT2D eigenvalue weighted by molar-refractivity contribution is 0.306. The van der Waals surface area contributed by atoms with Gasteiger partial charge in [-0.3, -0.25) is 9.39 Å². The van der Waals surface area contributed by atoms with E-state index in [-0.39, 0.29) is 35.8 Å². The Hall–Kier alpha value is -1.47. The van der Waals surface area contributed by atoms with Gasteiger partial charge in [0.25, 0.3) is 0 Å². The molecule has 0 radical (unpaired) electrons. The van der Waals surface area contributed by atoms with Gasteiger partial charge in [0, 0.05) is 44.8 Å². The van der Waals surface area contributed by atoms with Crippen LogP contribution in [0, 0.1) is 0 Å². The lowest BCUT2D eigenvalue weighted by atomic mass is 10.1. The second-order valence-electron chi connectivity index (χ2n) is 7.13. The zero-order valence-electron chi connectivity index (χ0n) is 17.6. The van der Waals surface area contributed by atoms with Crippen molar-refractivity contribution in [2.75, 3.05) is 31.9 Å². The van der Waals surface area contributed by atoms with Crippen molar-refractivity contribution in [2.45, 2.75) is 45.6 Å². The standard InChI is InChI=1S/C19H31N7O2S.HI/c1-3-20-19(22-16-10-14-25(15-11-16)29(27,28)4-2)21-12-7-9-18-24-23-17-8-5-6-13-26(17)18;/h5-6,8,13,16H,3-4,7,9-12,14-15H2,1-2H3,(H2,20,21,22);1H. The number of fused-ring (bicyclic) bond motifs is 1. The van der Waals surface area contributed by atoms with E-state index in [1.54, 1.807) is 11.2 Å². The third-order valence-electron chi connectivity index (χ3n) is 5.11. The van der Waals surface area contributed by atoms with E-state index in [1.807, 2.05) is 35.7 Å². The van der Waals surface area contributed by atoms with Gasteiger partial charge in [0.15, 0.2) is 11.6 Å². The van der Waals surface area contributed by atoms with Gasteiger partial charge in [-0.25, -0.2) is 12.7 Å². The fourth-order valence-corrected chi connectivity index (χ4v) is 4.60. The maximum absolute atomic E-state index is 12.0. The van der Waals surface area contributed by atoms with Crippen molar-refractivity contribution in [1.29, 1.82) is 0 Å². The van der Waals surface area contributed by atoms with Crippen LogP contribution in [0.5, 0.6) is 0 Å². The molecule has 0 saturated carbocycles. The van der Waals surface area contributed by atoms with Crippen molar-refractivity contribution >= 4 is 45.6 Å². The normalized spacial score (nSPS) is 16.4. The van der Waals surface area contributed by atoms with Gasteiger partial charge >= 0.3 is 0 Å². The number of nitrogens with zero attached hydrogens (tertiary/aromatic N) is 5. The van der Waals surface area contributed by atoms with Crippen LogP contribution in [0.2, 0.25) is 0 Å². The number of aromatic nitrogens is 3. The Labute approximate surface area is 195 Å². The highest BCUT2D eigenvalue weighted by molar-refractivity contribution is 14.0. The molecule has 1 saturated heterocycles. The van der Waals surface area contributed by atoms with Crippen molar-refractivity contribution in [3.63, 3.8) is 0 Å². The van der Waals surface area contributed by atoms with E-state index in [4.69, 9.17) is 0 Å². The first-order chi connectivity index (χ1) is 14.0. The van der Waals surface area contributed by atoms with Gasteiger partial charge in [0.2, 0.25) is 10.0 Å². The first-order valence-electron chi connectivity index (χ1n) is 10.3. The topological polar surface area (TPSA) is 104 Å². The summed E-state index contributed by atoms with van der Waals surface area (Å²) in [5.74, 6) is 1.89. The fourth-order valence-electron chi connectivity index (χ4n) is 3.46. The predicted molar refractivity (Wildman–Crippen MR) is 130 cm³/mol. The van der Waals surface area contributed by atoms with Gasteiger partial charge in [-0.1, -0.05) is 6.07 Å². The molecule has 0 aliphatic carbocycles. The summed E-state index contributed by atoms with van der Waals surface area (Å²) in [5, 5.41) is 15.2. The Balaban J connectivity index is 0.00000320. The summed E-state index contributed by atoms with van der Waals surface area (Å²) in [6.45, 7) is 6.32. The summed E-state index contributed by atoms with van der Waals surface area (Å²) in [5.41, 5.74) is 0.859. The van der Waals surface area contributed by atoms with Crippen LogP contribution in [-0.4, -0.2) is 71.3 Å². The first kappa shape index (κ1) is 24.8. The number of sulfonamides is 1. The van der Waals surface area contributed by atoms with E-state index in [9.17, 15) is 8.42 Å². The SMILES string of the molecule is CCNC(=NCCCc1nnc2ccccn12)NC1CCN(S(=O)(=O)CC)CC1.I. The highest BCUT2D eigenvalue weighted by atomic mass is 127. The maximum atomic E-state index is 12.0. The van der Waals surface area contributed by atoms with Crippen LogP contribution in [0.15, 0.2) is 29.4 Å². The van der Waals surface area contributed by atoms with Gasteiger partial charge < -0.3 is 10.6 Å². The lowest BCUT2D eigenvalue weighted by Crippen LogP contribution is -2.50. The highest BCUT2D eigenvalue weighted by Crippen LogP contribution is 2.14. The van der Waals surface area contributed by atoms with Crippen molar-refractivity contribution in [2.24, 2.45) is 4.99 Å². The molecule has 30 heavy (non-hydrogen) atoms. The van der Waals surface area contributed by atoms with E-state index in [1.165, 1.54) is 0 Å². The van der Waals surface area contributed by atoms with E-state index in [0.717, 1.165) is 49.7 Å². The predicted octanol–water partition coefficient (Wildman–Crippen LogP) is 1.65. The van der Waals surface area contributed by atoms with Crippen molar-refractivity contribution in [3.8, 4) is 0 Å². The van der Waals surface area contributed by atoms with Gasteiger partial charge in [0.05, 0.1) is 5.75 Å². The summed E-state index contributed by atoms with van der Waals surface area (Å²) >= 11 is 0. The van der Waals surface area contributed by atoms with Crippen molar-refractivity contribution in [3.05, 3.63) is 30.2 Å². The zero-order chi connectivity index (χ0) is 20.7. The monoisotopic (exact) mass is 549 g/mol. The summed E-state index contributed by atoms with van der Waals surface area (Å²) in [7, 11) is -3.09. The molecule has 2 aromatic heterocycles. The number of halogens is 1. The van der Waals surface area contributed by atoms with Gasteiger partial charge in [0.1, 0.15) is 5.82 Å². The number of aryl methyl sites for hydroxylation is 1. The van der Waals surface area contributed by atoms with Crippen LogP contribution in [0.4, 0.5) is 0 Å². The van der Waals surface area contributed by atoms with Crippen molar-refractivity contribution < 1.29 is 8.42 Å². The second-order valence-corrected chi connectivity index (χ2v) is 9.39. The average molecular weight is 549 g/mol. The molecule has 3 rings (SSSR count). The molecule has 11 heteroatoms. The van der Waals surface area contributed by atoms with Crippen LogP contribution >= 0.6 is 24.0 Å². The molecule has 0 bridgehead atoms.